The maximum Gasteiger partial charge on any atom is 0.328 e. The Bertz CT molecular complexity index is 486. The maximum absolute atomic E-state index is 10.5. The lowest BCUT2D eigenvalue weighted by atomic mass is 10.3. The van der Waals surface area contributed by atoms with Crippen molar-refractivity contribution < 1.29 is 9.90 Å². The molecule has 1 aromatic rings. The quantitative estimate of drug-likeness (QED) is 0.834. The summed E-state index contributed by atoms with van der Waals surface area (Å²) < 4.78 is 0. The first-order valence-corrected chi connectivity index (χ1v) is 6.74. The largest absolute Gasteiger partial charge is 0.478 e. The molecule has 0 aliphatic carbocycles. The first kappa shape index (κ1) is 14.5. The first-order chi connectivity index (χ1) is 9.56. The second-order valence-electron chi connectivity index (χ2n) is 5.15. The summed E-state index contributed by atoms with van der Waals surface area (Å²) in [5.41, 5.74) is 0.691. The molecule has 1 N–H and O–H groups in total. The van der Waals surface area contributed by atoms with Crippen LogP contribution in [0, 0.1) is 0 Å². The van der Waals surface area contributed by atoms with Crippen LogP contribution >= 0.6 is 0 Å². The highest BCUT2D eigenvalue weighted by Crippen LogP contribution is 2.15. The summed E-state index contributed by atoms with van der Waals surface area (Å²) in [6.07, 6.45) is 6.98. The second kappa shape index (κ2) is 6.47. The highest BCUT2D eigenvalue weighted by molar-refractivity contribution is 5.85. The summed E-state index contributed by atoms with van der Waals surface area (Å²) in [6, 6.07) is 0.364. The van der Waals surface area contributed by atoms with Gasteiger partial charge in [-0.05, 0) is 33.0 Å². The van der Waals surface area contributed by atoms with Gasteiger partial charge in [-0.1, -0.05) is 0 Å². The summed E-state index contributed by atoms with van der Waals surface area (Å²) in [5.74, 6) is -0.265. The summed E-state index contributed by atoms with van der Waals surface area (Å²) in [7, 11) is 2.13. The van der Waals surface area contributed by atoms with E-state index in [1.165, 1.54) is 6.08 Å². The van der Waals surface area contributed by atoms with Gasteiger partial charge in [0, 0.05) is 43.2 Å². The Balaban J connectivity index is 2.10. The molecule has 1 aliphatic heterocycles. The molecule has 0 bridgehead atoms. The van der Waals surface area contributed by atoms with Crippen molar-refractivity contribution in [3.8, 4) is 0 Å². The highest BCUT2D eigenvalue weighted by Gasteiger charge is 2.21. The van der Waals surface area contributed by atoms with Crippen LogP contribution < -0.4 is 4.90 Å². The third-order valence-electron chi connectivity index (χ3n) is 3.38. The molecule has 108 valence electrons. The molecule has 1 aliphatic rings. The van der Waals surface area contributed by atoms with Gasteiger partial charge in [0.1, 0.15) is 0 Å². The molecule has 1 unspecified atom stereocenters. The number of aliphatic carboxylic acids is 1. The first-order valence-electron chi connectivity index (χ1n) is 6.74. The van der Waals surface area contributed by atoms with Gasteiger partial charge in [0.25, 0.3) is 0 Å². The van der Waals surface area contributed by atoms with E-state index in [-0.39, 0.29) is 0 Å². The minimum atomic E-state index is -0.974. The number of likely N-dealkylation sites (N-methyl/N-ethyl adjacent to an activating group) is 1. The monoisotopic (exact) mass is 276 g/mol. The highest BCUT2D eigenvalue weighted by atomic mass is 16.4. The molecule has 1 saturated heterocycles. The van der Waals surface area contributed by atoms with Crippen LogP contribution in [0.4, 0.5) is 5.95 Å². The van der Waals surface area contributed by atoms with Gasteiger partial charge in [-0.25, -0.2) is 14.8 Å². The predicted octanol–water partition coefficient (Wildman–Crippen LogP) is 1.10. The van der Waals surface area contributed by atoms with Crippen molar-refractivity contribution in [3.05, 3.63) is 24.0 Å². The zero-order valence-electron chi connectivity index (χ0n) is 11.9. The molecule has 0 spiro atoms. The number of anilines is 1. The van der Waals surface area contributed by atoms with Gasteiger partial charge >= 0.3 is 5.97 Å². The molecular formula is C14H20N4O2. The normalized spacial score (nSPS) is 21.1. The van der Waals surface area contributed by atoms with Crippen LogP contribution in [0.25, 0.3) is 6.08 Å². The van der Waals surface area contributed by atoms with E-state index in [9.17, 15) is 4.79 Å². The molecule has 6 nitrogen and oxygen atoms in total. The number of aromatic nitrogens is 2. The van der Waals surface area contributed by atoms with Gasteiger partial charge in [-0.3, -0.25) is 0 Å². The molecule has 0 aromatic carbocycles. The zero-order valence-corrected chi connectivity index (χ0v) is 11.9. The fourth-order valence-electron chi connectivity index (χ4n) is 2.40. The van der Waals surface area contributed by atoms with Gasteiger partial charge in [-0.2, -0.15) is 0 Å². The number of hydrogen-bond donors (Lipinski definition) is 1. The molecule has 0 amide bonds. The molecule has 6 heteroatoms. The van der Waals surface area contributed by atoms with Gasteiger partial charge < -0.3 is 14.9 Å². The SMILES string of the molecule is CC1CN(C)CCCN1c1ncc(/C=C/C(=O)O)cn1. The number of hydrogen-bond acceptors (Lipinski definition) is 5. The molecule has 20 heavy (non-hydrogen) atoms. The smallest absolute Gasteiger partial charge is 0.328 e. The van der Waals surface area contributed by atoms with Crippen LogP contribution in [0.15, 0.2) is 18.5 Å². The van der Waals surface area contributed by atoms with E-state index in [0.29, 0.717) is 17.6 Å². The van der Waals surface area contributed by atoms with E-state index in [4.69, 9.17) is 5.11 Å². The third-order valence-corrected chi connectivity index (χ3v) is 3.38. The van der Waals surface area contributed by atoms with Crippen LogP contribution in [0.3, 0.4) is 0 Å². The van der Waals surface area contributed by atoms with E-state index >= 15 is 0 Å². The molecule has 2 rings (SSSR count). The van der Waals surface area contributed by atoms with Crippen molar-refractivity contribution >= 4 is 18.0 Å². The van der Waals surface area contributed by atoms with Crippen LogP contribution in [0.2, 0.25) is 0 Å². The van der Waals surface area contributed by atoms with E-state index < -0.39 is 5.97 Å². The fraction of sp³-hybridized carbons (Fsp3) is 0.500. The summed E-state index contributed by atoms with van der Waals surface area (Å²) >= 11 is 0. The van der Waals surface area contributed by atoms with Crippen LogP contribution in [-0.2, 0) is 4.79 Å². The number of carboxylic acids is 1. The lowest BCUT2D eigenvalue weighted by Crippen LogP contribution is -2.38. The van der Waals surface area contributed by atoms with Crippen molar-refractivity contribution in [1.29, 1.82) is 0 Å². The Morgan fingerprint density at radius 3 is 2.75 bits per heavy atom. The maximum atomic E-state index is 10.5. The topological polar surface area (TPSA) is 69.6 Å². The van der Waals surface area contributed by atoms with E-state index in [0.717, 1.165) is 32.1 Å². The Hall–Kier alpha value is -1.95. The summed E-state index contributed by atoms with van der Waals surface area (Å²) in [6.45, 7) is 5.18. The zero-order chi connectivity index (χ0) is 14.5. The van der Waals surface area contributed by atoms with Gasteiger partial charge in [0.05, 0.1) is 0 Å². The molecule has 1 atom stereocenters. The Labute approximate surface area is 118 Å². The molecule has 2 heterocycles. The summed E-state index contributed by atoms with van der Waals surface area (Å²) in [5, 5.41) is 8.58. The van der Waals surface area contributed by atoms with Gasteiger partial charge in [-0.15, -0.1) is 0 Å². The van der Waals surface area contributed by atoms with Gasteiger partial charge in [0.15, 0.2) is 0 Å². The van der Waals surface area contributed by atoms with Crippen molar-refractivity contribution in [2.45, 2.75) is 19.4 Å². The number of nitrogens with zero attached hydrogens (tertiary/aromatic N) is 4. The van der Waals surface area contributed by atoms with Crippen molar-refractivity contribution in [1.82, 2.24) is 14.9 Å². The molecule has 0 saturated carbocycles. The predicted molar refractivity (Wildman–Crippen MR) is 77.6 cm³/mol. The Morgan fingerprint density at radius 1 is 1.40 bits per heavy atom. The van der Waals surface area contributed by atoms with Crippen LogP contribution in [-0.4, -0.2) is 58.7 Å². The minimum absolute atomic E-state index is 0.364. The average Bonchev–Trinajstić information content (AvgIpc) is 2.58. The van der Waals surface area contributed by atoms with Gasteiger partial charge in [0.2, 0.25) is 5.95 Å². The number of carboxylic acid groups (broad SMARTS) is 1. The lowest BCUT2D eigenvalue weighted by molar-refractivity contribution is -0.131. The van der Waals surface area contributed by atoms with E-state index in [2.05, 4.69) is 33.7 Å². The van der Waals surface area contributed by atoms with Crippen molar-refractivity contribution in [3.63, 3.8) is 0 Å². The van der Waals surface area contributed by atoms with Crippen LogP contribution in [0.1, 0.15) is 18.9 Å². The minimum Gasteiger partial charge on any atom is -0.478 e. The summed E-state index contributed by atoms with van der Waals surface area (Å²) in [4.78, 5) is 23.7. The molecule has 1 fully saturated rings. The fourth-order valence-corrected chi connectivity index (χ4v) is 2.40. The Kier molecular flexibility index (Phi) is 4.68. The number of carbonyl (C=O) groups is 1. The lowest BCUT2D eigenvalue weighted by Gasteiger charge is -2.27. The Morgan fingerprint density at radius 2 is 2.10 bits per heavy atom. The van der Waals surface area contributed by atoms with Crippen LogP contribution in [0.5, 0.6) is 0 Å². The van der Waals surface area contributed by atoms with Crippen molar-refractivity contribution in [2.24, 2.45) is 0 Å². The van der Waals surface area contributed by atoms with E-state index in [1.54, 1.807) is 12.4 Å². The number of rotatable bonds is 3. The average molecular weight is 276 g/mol. The molecule has 0 radical (unpaired) electrons. The molecular weight excluding hydrogens is 256 g/mol. The van der Waals surface area contributed by atoms with E-state index in [1.807, 2.05) is 0 Å². The second-order valence-corrected chi connectivity index (χ2v) is 5.15. The van der Waals surface area contributed by atoms with Crippen molar-refractivity contribution in [2.75, 3.05) is 31.6 Å². The third kappa shape index (κ3) is 3.77. The molecule has 1 aromatic heterocycles. The standard InChI is InChI=1S/C14H20N4O2/c1-11-10-17(2)6-3-7-18(11)14-15-8-12(9-16-14)4-5-13(19)20/h4-5,8-9,11H,3,6-7,10H2,1-2H3,(H,19,20)/b5-4+.